The molecule has 0 aliphatic carbocycles. The molecule has 0 spiro atoms. The Hall–Kier alpha value is -1.92. The molecule has 0 saturated carbocycles. The molecule has 2 aromatic rings. The van der Waals surface area contributed by atoms with Crippen molar-refractivity contribution in [2.45, 2.75) is 18.4 Å². The second kappa shape index (κ2) is 5.83. The quantitative estimate of drug-likeness (QED) is 0.883. The number of benzene rings is 2. The molecule has 2 aromatic carbocycles. The summed E-state index contributed by atoms with van der Waals surface area (Å²) >= 11 is 0. The molecule has 112 valence electrons. The van der Waals surface area contributed by atoms with Crippen molar-refractivity contribution < 1.29 is 12.8 Å². The maximum Gasteiger partial charge on any atom is 0.243 e. The number of sulfonamides is 1. The van der Waals surface area contributed by atoms with Gasteiger partial charge in [0.05, 0.1) is 4.90 Å². The van der Waals surface area contributed by atoms with E-state index >= 15 is 0 Å². The van der Waals surface area contributed by atoms with Crippen molar-refractivity contribution in [3.63, 3.8) is 0 Å². The van der Waals surface area contributed by atoms with Gasteiger partial charge in [-0.15, -0.1) is 0 Å². The van der Waals surface area contributed by atoms with Crippen molar-refractivity contribution in [3.05, 3.63) is 59.4 Å². The van der Waals surface area contributed by atoms with Crippen LogP contribution in [0.25, 0.3) is 0 Å². The Morgan fingerprint density at radius 2 is 1.76 bits per heavy atom. The van der Waals surface area contributed by atoms with Crippen LogP contribution in [0.2, 0.25) is 0 Å². The second-order valence-electron chi connectivity index (χ2n) is 4.97. The summed E-state index contributed by atoms with van der Waals surface area (Å²) in [5, 5.41) is 0. The van der Waals surface area contributed by atoms with Gasteiger partial charge in [0, 0.05) is 19.3 Å². The Labute approximate surface area is 124 Å². The van der Waals surface area contributed by atoms with Crippen LogP contribution >= 0.6 is 0 Å². The third kappa shape index (κ3) is 3.59. The van der Waals surface area contributed by atoms with Gasteiger partial charge in [-0.25, -0.2) is 12.8 Å². The van der Waals surface area contributed by atoms with Gasteiger partial charge in [-0.05, 0) is 48.4 Å². The molecule has 0 aliphatic heterocycles. The summed E-state index contributed by atoms with van der Waals surface area (Å²) in [7, 11) is -2.15. The number of hydrogen-bond donors (Lipinski definition) is 1. The summed E-state index contributed by atoms with van der Waals surface area (Å²) in [6.45, 7) is 1.95. The molecular formula is C15H17FN2O2S. The Balaban J connectivity index is 2.28. The molecule has 4 nitrogen and oxygen atoms in total. The van der Waals surface area contributed by atoms with Gasteiger partial charge >= 0.3 is 0 Å². The first-order valence-electron chi connectivity index (χ1n) is 6.37. The molecule has 0 atom stereocenters. The summed E-state index contributed by atoms with van der Waals surface area (Å²) in [5.74, 6) is -0.351. The lowest BCUT2D eigenvalue weighted by molar-refractivity contribution is 0.466. The summed E-state index contributed by atoms with van der Waals surface area (Å²) in [6, 6.07) is 10.5. The van der Waals surface area contributed by atoms with E-state index in [2.05, 4.69) is 0 Å². The minimum atomic E-state index is -3.63. The predicted octanol–water partition coefficient (Wildman–Crippen LogP) is 2.54. The molecule has 0 radical (unpaired) electrons. The number of nitrogens with two attached hydrogens (primary N) is 1. The number of rotatable bonds is 4. The monoisotopic (exact) mass is 308 g/mol. The van der Waals surface area contributed by atoms with Gasteiger partial charge < -0.3 is 5.73 Å². The van der Waals surface area contributed by atoms with Crippen molar-refractivity contribution in [1.82, 2.24) is 4.31 Å². The van der Waals surface area contributed by atoms with E-state index in [1.54, 1.807) is 31.2 Å². The Bertz CT molecular complexity index is 723. The zero-order valence-corrected chi connectivity index (χ0v) is 12.7. The fourth-order valence-corrected chi connectivity index (χ4v) is 3.34. The zero-order valence-electron chi connectivity index (χ0n) is 11.9. The Morgan fingerprint density at radius 3 is 2.33 bits per heavy atom. The first-order chi connectivity index (χ1) is 9.79. The highest BCUT2D eigenvalue weighted by molar-refractivity contribution is 7.89. The van der Waals surface area contributed by atoms with Crippen LogP contribution < -0.4 is 5.73 Å². The van der Waals surface area contributed by atoms with Crippen LogP contribution in [0.5, 0.6) is 0 Å². The number of nitrogens with zero attached hydrogens (tertiary/aromatic N) is 1. The van der Waals surface area contributed by atoms with Crippen LogP contribution in [0.15, 0.2) is 47.4 Å². The number of anilines is 1. The average Bonchev–Trinajstić information content (AvgIpc) is 2.40. The van der Waals surface area contributed by atoms with Gasteiger partial charge in [0.1, 0.15) is 5.82 Å². The minimum absolute atomic E-state index is 0.157. The lowest BCUT2D eigenvalue weighted by Gasteiger charge is -2.18. The van der Waals surface area contributed by atoms with E-state index in [1.165, 1.54) is 29.6 Å². The van der Waals surface area contributed by atoms with E-state index in [4.69, 9.17) is 5.73 Å². The van der Waals surface area contributed by atoms with E-state index in [1.807, 2.05) is 0 Å². The van der Waals surface area contributed by atoms with Gasteiger partial charge in [-0.1, -0.05) is 12.1 Å². The van der Waals surface area contributed by atoms with Gasteiger partial charge in [-0.3, -0.25) is 0 Å². The SMILES string of the molecule is Cc1cc(N)cc(S(=O)(=O)N(C)Cc2ccc(F)cc2)c1. The normalized spacial score (nSPS) is 11.8. The molecule has 0 aliphatic rings. The maximum atomic E-state index is 12.9. The molecule has 0 aromatic heterocycles. The molecule has 0 fully saturated rings. The largest absolute Gasteiger partial charge is 0.399 e. The fourth-order valence-electron chi connectivity index (χ4n) is 2.04. The smallest absolute Gasteiger partial charge is 0.243 e. The topological polar surface area (TPSA) is 63.4 Å². The number of hydrogen-bond acceptors (Lipinski definition) is 3. The van der Waals surface area contributed by atoms with Crippen LogP contribution in [-0.2, 0) is 16.6 Å². The first kappa shape index (κ1) is 15.5. The molecule has 0 saturated heterocycles. The lowest BCUT2D eigenvalue weighted by atomic mass is 10.2. The van der Waals surface area contributed by atoms with Crippen molar-refractivity contribution in [1.29, 1.82) is 0 Å². The van der Waals surface area contributed by atoms with Crippen molar-refractivity contribution in [2.75, 3.05) is 12.8 Å². The number of aryl methyl sites for hydroxylation is 1. The predicted molar refractivity (Wildman–Crippen MR) is 80.6 cm³/mol. The highest BCUT2D eigenvalue weighted by atomic mass is 32.2. The van der Waals surface area contributed by atoms with Crippen LogP contribution in [0.1, 0.15) is 11.1 Å². The molecule has 0 unspecified atom stereocenters. The number of halogens is 1. The zero-order chi connectivity index (χ0) is 15.6. The molecular weight excluding hydrogens is 291 g/mol. The fraction of sp³-hybridized carbons (Fsp3) is 0.200. The Morgan fingerprint density at radius 1 is 1.14 bits per heavy atom. The van der Waals surface area contributed by atoms with Crippen LogP contribution in [-0.4, -0.2) is 19.8 Å². The summed E-state index contributed by atoms with van der Waals surface area (Å²) in [6.07, 6.45) is 0. The van der Waals surface area contributed by atoms with Gasteiger partial charge in [-0.2, -0.15) is 4.31 Å². The number of nitrogen functional groups attached to an aromatic ring is 1. The maximum absolute atomic E-state index is 12.9. The van der Waals surface area contributed by atoms with Crippen molar-refractivity contribution in [2.24, 2.45) is 0 Å². The van der Waals surface area contributed by atoms with Crippen molar-refractivity contribution >= 4 is 15.7 Å². The third-order valence-corrected chi connectivity index (χ3v) is 4.88. The molecule has 2 rings (SSSR count). The van der Waals surface area contributed by atoms with Crippen LogP contribution in [0.4, 0.5) is 10.1 Å². The molecule has 2 N–H and O–H groups in total. The highest BCUT2D eigenvalue weighted by Crippen LogP contribution is 2.21. The third-order valence-electron chi connectivity index (χ3n) is 3.10. The van der Waals surface area contributed by atoms with E-state index in [-0.39, 0.29) is 17.3 Å². The highest BCUT2D eigenvalue weighted by Gasteiger charge is 2.21. The molecule has 0 heterocycles. The van der Waals surface area contributed by atoms with Crippen LogP contribution in [0, 0.1) is 12.7 Å². The average molecular weight is 308 g/mol. The van der Waals surface area contributed by atoms with E-state index in [9.17, 15) is 12.8 Å². The van der Waals surface area contributed by atoms with Gasteiger partial charge in [0.25, 0.3) is 0 Å². The van der Waals surface area contributed by atoms with Gasteiger partial charge in [0.15, 0.2) is 0 Å². The van der Waals surface area contributed by atoms with Crippen molar-refractivity contribution in [3.8, 4) is 0 Å². The lowest BCUT2D eigenvalue weighted by Crippen LogP contribution is -2.26. The Kier molecular flexibility index (Phi) is 4.29. The standard InChI is InChI=1S/C15H17FN2O2S/c1-11-7-14(17)9-15(8-11)21(19,20)18(2)10-12-3-5-13(16)6-4-12/h3-9H,10,17H2,1-2H3. The molecule has 0 bridgehead atoms. The second-order valence-corrected chi connectivity index (χ2v) is 7.01. The summed E-state index contributed by atoms with van der Waals surface area (Å²) < 4.78 is 39.1. The van der Waals surface area contributed by atoms with Crippen LogP contribution in [0.3, 0.4) is 0 Å². The molecule has 0 amide bonds. The molecule has 6 heteroatoms. The summed E-state index contributed by atoms with van der Waals surface area (Å²) in [4.78, 5) is 0.157. The first-order valence-corrected chi connectivity index (χ1v) is 7.81. The van der Waals surface area contributed by atoms with E-state index in [0.29, 0.717) is 11.3 Å². The van der Waals surface area contributed by atoms with E-state index < -0.39 is 10.0 Å². The molecule has 21 heavy (non-hydrogen) atoms. The van der Waals surface area contributed by atoms with E-state index in [0.717, 1.165) is 5.56 Å². The van der Waals surface area contributed by atoms with Gasteiger partial charge in [0.2, 0.25) is 10.0 Å². The minimum Gasteiger partial charge on any atom is -0.399 e. The summed E-state index contributed by atoms with van der Waals surface area (Å²) in [5.41, 5.74) is 7.60.